The second-order valence-electron chi connectivity index (χ2n) is 7.44. The number of piperazine rings is 1. The molecule has 1 saturated heterocycles. The SMILES string of the molecule is COc1ccc(-c2[nH]c3ccccc3c2CCC(=O)N2CCN(C)CC2)cc1. The second kappa shape index (κ2) is 8.07. The molecule has 2 aromatic carbocycles. The molecule has 2 heterocycles. The number of aromatic nitrogens is 1. The van der Waals surface area contributed by atoms with Gasteiger partial charge in [0.1, 0.15) is 5.75 Å². The van der Waals surface area contributed by atoms with E-state index in [1.165, 1.54) is 10.9 Å². The van der Waals surface area contributed by atoms with Gasteiger partial charge >= 0.3 is 0 Å². The Morgan fingerprint density at radius 3 is 2.46 bits per heavy atom. The number of rotatable bonds is 5. The Kier molecular flexibility index (Phi) is 5.35. The Hall–Kier alpha value is -2.79. The van der Waals surface area contributed by atoms with Gasteiger partial charge in [0.2, 0.25) is 5.91 Å². The number of nitrogens with one attached hydrogen (secondary N) is 1. The first-order valence-electron chi connectivity index (χ1n) is 9.86. The van der Waals surface area contributed by atoms with E-state index in [-0.39, 0.29) is 5.91 Å². The van der Waals surface area contributed by atoms with Crippen molar-refractivity contribution in [2.45, 2.75) is 12.8 Å². The van der Waals surface area contributed by atoms with Crippen LogP contribution < -0.4 is 4.74 Å². The Bertz CT molecular complexity index is 954. The van der Waals surface area contributed by atoms with Crippen LogP contribution in [0.5, 0.6) is 5.75 Å². The molecule has 5 nitrogen and oxygen atoms in total. The number of H-pyrrole nitrogens is 1. The Morgan fingerprint density at radius 1 is 1.04 bits per heavy atom. The molecule has 0 atom stereocenters. The van der Waals surface area contributed by atoms with Crippen LogP contribution in [0.2, 0.25) is 0 Å². The van der Waals surface area contributed by atoms with Crippen molar-refractivity contribution in [2.75, 3.05) is 40.3 Å². The molecule has 0 bridgehead atoms. The molecule has 4 rings (SSSR count). The molecule has 1 aromatic heterocycles. The van der Waals surface area contributed by atoms with E-state index in [2.05, 4.69) is 47.3 Å². The number of hydrogen-bond donors (Lipinski definition) is 1. The minimum absolute atomic E-state index is 0.249. The van der Waals surface area contributed by atoms with Crippen LogP contribution in [0.25, 0.3) is 22.2 Å². The summed E-state index contributed by atoms with van der Waals surface area (Å²) in [5.74, 6) is 1.09. The van der Waals surface area contributed by atoms with Crippen LogP contribution >= 0.6 is 0 Å². The van der Waals surface area contributed by atoms with E-state index in [4.69, 9.17) is 4.74 Å². The fraction of sp³-hybridized carbons (Fsp3) is 0.348. The highest BCUT2D eigenvalue weighted by Crippen LogP contribution is 2.32. The van der Waals surface area contributed by atoms with Gasteiger partial charge in [0, 0.05) is 49.2 Å². The molecule has 0 aliphatic carbocycles. The number of amides is 1. The molecule has 1 aliphatic heterocycles. The number of aromatic amines is 1. The Balaban J connectivity index is 1.59. The summed E-state index contributed by atoms with van der Waals surface area (Å²) in [6.07, 6.45) is 1.27. The number of nitrogens with zero attached hydrogens (tertiary/aromatic N) is 2. The quantitative estimate of drug-likeness (QED) is 0.740. The zero-order chi connectivity index (χ0) is 19.5. The minimum atomic E-state index is 0.249. The standard InChI is InChI=1S/C23H27N3O2/c1-25-13-15-26(16-14-25)22(27)12-11-20-19-5-3-4-6-21(19)24-23(20)17-7-9-18(28-2)10-8-17/h3-10,24H,11-16H2,1-2H3. The molecular weight excluding hydrogens is 350 g/mol. The maximum absolute atomic E-state index is 12.7. The van der Waals surface area contributed by atoms with Crippen LogP contribution in [0.3, 0.4) is 0 Å². The van der Waals surface area contributed by atoms with E-state index in [0.717, 1.165) is 55.1 Å². The number of carbonyl (C=O) groups is 1. The topological polar surface area (TPSA) is 48.6 Å². The number of hydrogen-bond acceptors (Lipinski definition) is 3. The maximum Gasteiger partial charge on any atom is 0.222 e. The number of carbonyl (C=O) groups excluding carboxylic acids is 1. The van der Waals surface area contributed by atoms with Crippen molar-refractivity contribution in [3.63, 3.8) is 0 Å². The third-order valence-electron chi connectivity index (χ3n) is 5.64. The van der Waals surface area contributed by atoms with Crippen molar-refractivity contribution in [2.24, 2.45) is 0 Å². The highest BCUT2D eigenvalue weighted by Gasteiger charge is 2.20. The van der Waals surface area contributed by atoms with E-state index in [0.29, 0.717) is 6.42 Å². The average molecular weight is 377 g/mol. The van der Waals surface area contributed by atoms with Crippen molar-refractivity contribution in [3.8, 4) is 17.0 Å². The second-order valence-corrected chi connectivity index (χ2v) is 7.44. The zero-order valence-corrected chi connectivity index (χ0v) is 16.6. The van der Waals surface area contributed by atoms with E-state index < -0.39 is 0 Å². The molecule has 0 spiro atoms. The van der Waals surface area contributed by atoms with Gasteiger partial charge in [-0.2, -0.15) is 0 Å². The first-order valence-corrected chi connectivity index (χ1v) is 9.86. The molecular formula is C23H27N3O2. The van der Waals surface area contributed by atoms with Crippen molar-refractivity contribution >= 4 is 16.8 Å². The molecule has 0 unspecified atom stereocenters. The number of methoxy groups -OCH3 is 1. The summed E-state index contributed by atoms with van der Waals surface area (Å²) in [5.41, 5.74) is 4.52. The van der Waals surface area contributed by atoms with Crippen molar-refractivity contribution in [1.82, 2.24) is 14.8 Å². The first-order chi connectivity index (χ1) is 13.7. The highest BCUT2D eigenvalue weighted by atomic mass is 16.5. The predicted octanol–water partition coefficient (Wildman–Crippen LogP) is 3.55. The summed E-state index contributed by atoms with van der Waals surface area (Å²) in [5, 5.41) is 1.19. The van der Waals surface area contributed by atoms with Crippen LogP contribution in [0.1, 0.15) is 12.0 Å². The van der Waals surface area contributed by atoms with E-state index in [1.54, 1.807) is 7.11 Å². The Morgan fingerprint density at radius 2 is 1.75 bits per heavy atom. The maximum atomic E-state index is 12.7. The van der Waals surface area contributed by atoms with Crippen molar-refractivity contribution in [1.29, 1.82) is 0 Å². The van der Waals surface area contributed by atoms with Gasteiger partial charge in [-0.05, 0) is 54.9 Å². The summed E-state index contributed by atoms with van der Waals surface area (Å²) in [7, 11) is 3.78. The molecule has 3 aromatic rings. The lowest BCUT2D eigenvalue weighted by molar-refractivity contribution is -0.132. The molecule has 1 amide bonds. The van der Waals surface area contributed by atoms with E-state index in [9.17, 15) is 4.79 Å². The van der Waals surface area contributed by atoms with Crippen LogP contribution in [0, 0.1) is 0 Å². The van der Waals surface area contributed by atoms with Crippen LogP contribution in [-0.4, -0.2) is 61.0 Å². The zero-order valence-electron chi connectivity index (χ0n) is 16.6. The number of likely N-dealkylation sites (N-methyl/N-ethyl adjacent to an activating group) is 1. The molecule has 1 N–H and O–H groups in total. The summed E-state index contributed by atoms with van der Waals surface area (Å²) in [6.45, 7) is 3.56. The minimum Gasteiger partial charge on any atom is -0.497 e. The monoisotopic (exact) mass is 377 g/mol. The van der Waals surface area contributed by atoms with Gasteiger partial charge in [0.25, 0.3) is 0 Å². The number of para-hydroxylation sites is 1. The lowest BCUT2D eigenvalue weighted by Crippen LogP contribution is -2.47. The summed E-state index contributed by atoms with van der Waals surface area (Å²) >= 11 is 0. The summed E-state index contributed by atoms with van der Waals surface area (Å²) < 4.78 is 5.28. The normalized spacial score (nSPS) is 15.1. The van der Waals surface area contributed by atoms with E-state index in [1.807, 2.05) is 23.1 Å². The van der Waals surface area contributed by atoms with E-state index >= 15 is 0 Å². The Labute approximate surface area is 165 Å². The number of benzene rings is 2. The van der Waals surface area contributed by atoms with Gasteiger partial charge in [0.15, 0.2) is 0 Å². The third-order valence-corrected chi connectivity index (χ3v) is 5.64. The van der Waals surface area contributed by atoms with Gasteiger partial charge in [-0.15, -0.1) is 0 Å². The van der Waals surface area contributed by atoms with Gasteiger partial charge in [0.05, 0.1) is 7.11 Å². The van der Waals surface area contributed by atoms with Gasteiger partial charge in [-0.3, -0.25) is 4.79 Å². The van der Waals surface area contributed by atoms with Crippen LogP contribution in [-0.2, 0) is 11.2 Å². The van der Waals surface area contributed by atoms with Crippen LogP contribution in [0.4, 0.5) is 0 Å². The molecule has 146 valence electrons. The fourth-order valence-corrected chi connectivity index (χ4v) is 3.91. The molecule has 0 radical (unpaired) electrons. The number of aryl methyl sites for hydroxylation is 1. The number of ether oxygens (including phenoxy) is 1. The molecule has 1 aliphatic rings. The summed E-state index contributed by atoms with van der Waals surface area (Å²) in [6, 6.07) is 16.4. The van der Waals surface area contributed by atoms with Crippen molar-refractivity contribution in [3.05, 3.63) is 54.1 Å². The number of fused-ring (bicyclic) bond motifs is 1. The van der Waals surface area contributed by atoms with Crippen molar-refractivity contribution < 1.29 is 9.53 Å². The molecule has 1 fully saturated rings. The highest BCUT2D eigenvalue weighted by molar-refractivity contribution is 5.91. The lowest BCUT2D eigenvalue weighted by atomic mass is 10.0. The van der Waals surface area contributed by atoms with Gasteiger partial charge < -0.3 is 19.5 Å². The largest absolute Gasteiger partial charge is 0.497 e. The third kappa shape index (κ3) is 3.76. The molecule has 5 heteroatoms. The van der Waals surface area contributed by atoms with Crippen LogP contribution in [0.15, 0.2) is 48.5 Å². The molecule has 0 saturated carbocycles. The lowest BCUT2D eigenvalue weighted by Gasteiger charge is -2.32. The smallest absolute Gasteiger partial charge is 0.222 e. The molecule has 28 heavy (non-hydrogen) atoms. The summed E-state index contributed by atoms with van der Waals surface area (Å²) in [4.78, 5) is 20.6. The first kappa shape index (κ1) is 18.6. The average Bonchev–Trinajstić information content (AvgIpc) is 3.11. The fourth-order valence-electron chi connectivity index (χ4n) is 3.91. The van der Waals surface area contributed by atoms with Gasteiger partial charge in [-0.25, -0.2) is 0 Å². The van der Waals surface area contributed by atoms with Gasteiger partial charge in [-0.1, -0.05) is 18.2 Å². The predicted molar refractivity (Wildman–Crippen MR) is 113 cm³/mol.